The second-order valence-electron chi connectivity index (χ2n) is 5.37. The second-order valence-corrected chi connectivity index (χ2v) is 5.76. The summed E-state index contributed by atoms with van der Waals surface area (Å²) in [6, 6.07) is 4.37. The van der Waals surface area contributed by atoms with Gasteiger partial charge in [0.25, 0.3) is 0 Å². The van der Waals surface area contributed by atoms with Crippen molar-refractivity contribution >= 4 is 17.3 Å². The zero-order valence-corrected chi connectivity index (χ0v) is 12.5. The Morgan fingerprint density at radius 1 is 1.42 bits per heavy atom. The maximum Gasteiger partial charge on any atom is 0.129 e. The highest BCUT2D eigenvalue weighted by Crippen LogP contribution is 2.17. The van der Waals surface area contributed by atoms with Gasteiger partial charge in [0.05, 0.1) is 11.9 Å². The van der Waals surface area contributed by atoms with Gasteiger partial charge in [-0.05, 0) is 38.8 Å². The average Bonchev–Trinajstić information content (AvgIpc) is 2.40. The number of halogens is 1. The van der Waals surface area contributed by atoms with E-state index in [2.05, 4.69) is 35.1 Å². The van der Waals surface area contributed by atoms with E-state index in [9.17, 15) is 0 Å². The molecular formula is C15H22ClN3. The number of allylic oxidation sites excluding steroid dienone is 1. The van der Waals surface area contributed by atoms with Gasteiger partial charge >= 0.3 is 0 Å². The van der Waals surface area contributed by atoms with Crippen LogP contribution in [-0.4, -0.2) is 35.6 Å². The van der Waals surface area contributed by atoms with Crippen LogP contribution in [0.25, 0.3) is 0 Å². The van der Waals surface area contributed by atoms with Crippen LogP contribution in [0.5, 0.6) is 0 Å². The number of nitrogens with one attached hydrogen (secondary N) is 1. The molecule has 104 valence electrons. The number of pyridine rings is 1. The molecule has 1 N–H and O–H groups in total. The summed E-state index contributed by atoms with van der Waals surface area (Å²) in [6.07, 6.45) is 6.47. The van der Waals surface area contributed by atoms with E-state index >= 15 is 0 Å². The van der Waals surface area contributed by atoms with Crippen molar-refractivity contribution in [2.24, 2.45) is 0 Å². The van der Waals surface area contributed by atoms with Crippen molar-refractivity contribution in [1.82, 2.24) is 9.88 Å². The molecule has 0 unspecified atom stereocenters. The third-order valence-electron chi connectivity index (χ3n) is 3.44. The molecule has 1 aromatic rings. The van der Waals surface area contributed by atoms with Crippen LogP contribution in [-0.2, 0) is 0 Å². The molecule has 19 heavy (non-hydrogen) atoms. The number of anilines is 1. The van der Waals surface area contributed by atoms with Gasteiger partial charge in [0.15, 0.2) is 0 Å². The Labute approximate surface area is 120 Å². The van der Waals surface area contributed by atoms with E-state index in [0.29, 0.717) is 11.2 Å². The zero-order valence-electron chi connectivity index (χ0n) is 11.7. The molecule has 0 amide bonds. The van der Waals surface area contributed by atoms with Gasteiger partial charge in [-0.3, -0.25) is 4.90 Å². The van der Waals surface area contributed by atoms with Crippen LogP contribution in [0, 0.1) is 0 Å². The van der Waals surface area contributed by atoms with Crippen LogP contribution < -0.4 is 5.32 Å². The predicted molar refractivity (Wildman–Crippen MR) is 81.8 cm³/mol. The summed E-state index contributed by atoms with van der Waals surface area (Å²) >= 11 is 5.78. The number of likely N-dealkylation sites (tertiary alicyclic amines) is 1. The van der Waals surface area contributed by atoms with E-state index in [0.717, 1.165) is 25.3 Å². The fourth-order valence-corrected chi connectivity index (χ4v) is 2.38. The molecule has 4 heteroatoms. The molecule has 1 aromatic heterocycles. The van der Waals surface area contributed by atoms with Crippen LogP contribution in [0.1, 0.15) is 26.7 Å². The van der Waals surface area contributed by atoms with Gasteiger partial charge in [-0.2, -0.15) is 0 Å². The van der Waals surface area contributed by atoms with Crippen molar-refractivity contribution in [3.8, 4) is 0 Å². The third-order valence-corrected chi connectivity index (χ3v) is 3.67. The van der Waals surface area contributed by atoms with Crippen molar-refractivity contribution in [2.75, 3.05) is 25.0 Å². The van der Waals surface area contributed by atoms with E-state index in [1.165, 1.54) is 18.4 Å². The first kappa shape index (κ1) is 14.4. The lowest BCUT2D eigenvalue weighted by atomic mass is 10.0. The molecule has 0 spiro atoms. The minimum Gasteiger partial charge on any atom is -0.381 e. The quantitative estimate of drug-likeness (QED) is 0.674. The topological polar surface area (TPSA) is 28.2 Å². The maximum absolute atomic E-state index is 5.78. The molecule has 0 aromatic carbocycles. The van der Waals surface area contributed by atoms with Gasteiger partial charge in [0.1, 0.15) is 5.15 Å². The van der Waals surface area contributed by atoms with Crippen LogP contribution in [0.2, 0.25) is 5.15 Å². The summed E-state index contributed by atoms with van der Waals surface area (Å²) in [5, 5.41) is 4.07. The smallest absolute Gasteiger partial charge is 0.129 e. The van der Waals surface area contributed by atoms with Gasteiger partial charge in [0.2, 0.25) is 0 Å². The largest absolute Gasteiger partial charge is 0.381 e. The van der Waals surface area contributed by atoms with E-state index in [1.54, 1.807) is 6.20 Å². The number of rotatable bonds is 4. The van der Waals surface area contributed by atoms with Gasteiger partial charge in [-0.1, -0.05) is 23.3 Å². The molecule has 0 bridgehead atoms. The number of nitrogens with zero attached hydrogens (tertiary/aromatic N) is 2. The van der Waals surface area contributed by atoms with Crippen molar-refractivity contribution in [3.05, 3.63) is 35.1 Å². The first-order valence-corrected chi connectivity index (χ1v) is 7.25. The Hall–Kier alpha value is -1.06. The van der Waals surface area contributed by atoms with Gasteiger partial charge in [-0.25, -0.2) is 4.98 Å². The Kier molecular flexibility index (Phi) is 5.23. The second kappa shape index (κ2) is 6.92. The first-order valence-electron chi connectivity index (χ1n) is 6.87. The highest BCUT2D eigenvalue weighted by atomic mass is 35.5. The SMILES string of the molecule is CC(C)=CCN1CCC(Nc2ccc(Cl)nc2)CC1. The molecule has 3 nitrogen and oxygen atoms in total. The first-order chi connectivity index (χ1) is 9.13. The predicted octanol–water partition coefficient (Wildman–Crippen LogP) is 3.58. The minimum absolute atomic E-state index is 0.544. The van der Waals surface area contributed by atoms with Crippen LogP contribution >= 0.6 is 11.6 Å². The molecule has 0 radical (unpaired) electrons. The molecule has 1 saturated heterocycles. The van der Waals surface area contributed by atoms with Gasteiger partial charge in [-0.15, -0.1) is 0 Å². The van der Waals surface area contributed by atoms with E-state index < -0.39 is 0 Å². The molecule has 1 fully saturated rings. The highest BCUT2D eigenvalue weighted by molar-refractivity contribution is 6.29. The summed E-state index contributed by atoms with van der Waals surface area (Å²) in [5.41, 5.74) is 2.46. The summed E-state index contributed by atoms with van der Waals surface area (Å²) in [6.45, 7) is 7.70. The van der Waals surface area contributed by atoms with Crippen molar-refractivity contribution in [1.29, 1.82) is 0 Å². The molecule has 0 saturated carbocycles. The Morgan fingerprint density at radius 2 is 2.16 bits per heavy atom. The van der Waals surface area contributed by atoms with E-state index in [1.807, 2.05) is 12.1 Å². The molecule has 0 aliphatic carbocycles. The minimum atomic E-state index is 0.544. The van der Waals surface area contributed by atoms with Crippen molar-refractivity contribution in [3.63, 3.8) is 0 Å². The third kappa shape index (κ3) is 4.84. The normalized spacial score (nSPS) is 17.2. The monoisotopic (exact) mass is 279 g/mol. The summed E-state index contributed by atoms with van der Waals surface area (Å²) in [4.78, 5) is 6.60. The van der Waals surface area contributed by atoms with Gasteiger partial charge < -0.3 is 5.32 Å². The number of aromatic nitrogens is 1. The molecule has 0 atom stereocenters. The Balaban J connectivity index is 1.77. The zero-order chi connectivity index (χ0) is 13.7. The standard InChI is InChI=1S/C15H22ClN3/c1-12(2)5-8-19-9-6-13(7-10-19)18-14-3-4-15(16)17-11-14/h3-5,11,13,18H,6-10H2,1-2H3. The lowest BCUT2D eigenvalue weighted by Crippen LogP contribution is -2.39. The Morgan fingerprint density at radius 3 is 2.74 bits per heavy atom. The van der Waals surface area contributed by atoms with Crippen LogP contribution in [0.3, 0.4) is 0 Å². The number of hydrogen-bond acceptors (Lipinski definition) is 3. The fourth-order valence-electron chi connectivity index (χ4n) is 2.27. The molecule has 2 heterocycles. The van der Waals surface area contributed by atoms with Crippen molar-refractivity contribution < 1.29 is 0 Å². The van der Waals surface area contributed by atoms with Crippen LogP contribution in [0.4, 0.5) is 5.69 Å². The number of piperidine rings is 1. The summed E-state index contributed by atoms with van der Waals surface area (Å²) in [5.74, 6) is 0. The van der Waals surface area contributed by atoms with Crippen LogP contribution in [0.15, 0.2) is 30.0 Å². The Bertz CT molecular complexity index is 416. The molecule has 1 aliphatic rings. The van der Waals surface area contributed by atoms with Gasteiger partial charge in [0, 0.05) is 25.7 Å². The lowest BCUT2D eigenvalue weighted by molar-refractivity contribution is 0.240. The van der Waals surface area contributed by atoms with Crippen molar-refractivity contribution in [2.45, 2.75) is 32.7 Å². The molecule has 1 aliphatic heterocycles. The maximum atomic E-state index is 5.78. The summed E-state index contributed by atoms with van der Waals surface area (Å²) < 4.78 is 0. The van der Waals surface area contributed by atoms with E-state index in [4.69, 9.17) is 11.6 Å². The number of hydrogen-bond donors (Lipinski definition) is 1. The van der Waals surface area contributed by atoms with E-state index in [-0.39, 0.29) is 0 Å². The fraction of sp³-hybridized carbons (Fsp3) is 0.533. The summed E-state index contributed by atoms with van der Waals surface area (Å²) in [7, 11) is 0. The highest BCUT2D eigenvalue weighted by Gasteiger charge is 2.18. The molecular weight excluding hydrogens is 258 g/mol. The average molecular weight is 280 g/mol. The molecule has 2 rings (SSSR count). The lowest BCUT2D eigenvalue weighted by Gasteiger charge is -2.32.